The number of fused-ring (bicyclic) bond motifs is 7. The third-order valence-corrected chi connectivity index (χ3v) is 21.3. The molecule has 10 rings (SSSR count). The van der Waals surface area contributed by atoms with Crippen LogP contribution in [0.15, 0.2) is 11.6 Å². The molecule has 28 nitrogen and oxygen atoms in total. The first kappa shape index (κ1) is 65.6. The summed E-state index contributed by atoms with van der Waals surface area (Å²) in [6.07, 6.45) is -32.1. The zero-order valence-electron chi connectivity index (χ0n) is 47.8. The molecule has 6 aliphatic heterocycles. The summed E-state index contributed by atoms with van der Waals surface area (Å²) in [7, 11) is 0. The van der Waals surface area contributed by atoms with Crippen LogP contribution in [0.4, 0.5) is 0 Å². The summed E-state index contributed by atoms with van der Waals surface area (Å²) in [5.41, 5.74) is 0.983. The van der Waals surface area contributed by atoms with Crippen LogP contribution in [0.5, 0.6) is 0 Å². The molecule has 0 aromatic rings. The summed E-state index contributed by atoms with van der Waals surface area (Å²) in [5.74, 6) is -0.395. The second-order valence-electron chi connectivity index (χ2n) is 26.2. The fraction of sp³-hybridized carbons (Fsp3) is 0.964. The minimum absolute atomic E-state index is 0.0834. The van der Waals surface area contributed by atoms with Gasteiger partial charge in [0.25, 0.3) is 0 Å². The Kier molecular flexibility index (Phi) is 20.4. The van der Waals surface area contributed by atoms with E-state index in [2.05, 4.69) is 26.8 Å². The second-order valence-corrected chi connectivity index (χ2v) is 26.2. The molecule has 3 saturated carbocycles. The van der Waals surface area contributed by atoms with Crippen molar-refractivity contribution in [1.29, 1.82) is 0 Å². The van der Waals surface area contributed by atoms with E-state index in [1.807, 2.05) is 6.92 Å². The van der Waals surface area contributed by atoms with Crippen molar-refractivity contribution in [3.05, 3.63) is 11.6 Å². The van der Waals surface area contributed by atoms with E-state index in [0.717, 1.165) is 32.1 Å². The Labute approximate surface area is 486 Å². The predicted molar refractivity (Wildman–Crippen MR) is 278 cm³/mol. The van der Waals surface area contributed by atoms with Gasteiger partial charge < -0.3 is 139 Å². The first-order valence-electron chi connectivity index (χ1n) is 30.0. The van der Waals surface area contributed by atoms with E-state index < -0.39 is 192 Å². The van der Waals surface area contributed by atoms with Gasteiger partial charge in [-0.05, 0) is 91.8 Å². The zero-order chi connectivity index (χ0) is 60.6. The first-order valence-corrected chi connectivity index (χ1v) is 30.0. The van der Waals surface area contributed by atoms with Gasteiger partial charge in [0.15, 0.2) is 37.2 Å². The van der Waals surface area contributed by atoms with Crippen molar-refractivity contribution in [1.82, 2.24) is 0 Å². The van der Waals surface area contributed by atoms with Crippen LogP contribution in [0.2, 0.25) is 0 Å². The Morgan fingerprint density at radius 3 is 1.79 bits per heavy atom. The first-order chi connectivity index (χ1) is 39.8. The van der Waals surface area contributed by atoms with Crippen molar-refractivity contribution < 1.29 is 139 Å². The molecule has 10 aliphatic rings. The number of allylic oxidation sites excluding steroid dienone is 1. The van der Waals surface area contributed by atoms with Crippen LogP contribution in [0.1, 0.15) is 85.5 Å². The minimum Gasteiger partial charge on any atom is -0.394 e. The quantitative estimate of drug-likeness (QED) is 0.0569. The van der Waals surface area contributed by atoms with Gasteiger partial charge >= 0.3 is 0 Å². The highest BCUT2D eigenvalue weighted by Gasteiger charge is 2.68. The molecule has 484 valence electrons. The summed E-state index contributed by atoms with van der Waals surface area (Å²) in [6.45, 7) is 5.23. The van der Waals surface area contributed by atoms with Crippen molar-refractivity contribution in [3.8, 4) is 0 Å². The predicted octanol–water partition coefficient (Wildman–Crippen LogP) is -5.57. The van der Waals surface area contributed by atoms with E-state index in [0.29, 0.717) is 43.4 Å². The molecular weight excluding hydrogens is 1120 g/mol. The third kappa shape index (κ3) is 12.0. The number of aliphatic hydroxyl groups is 17. The highest BCUT2D eigenvalue weighted by molar-refractivity contribution is 5.26. The number of hydrogen-bond donors (Lipinski definition) is 17. The Morgan fingerprint density at radius 1 is 0.583 bits per heavy atom. The van der Waals surface area contributed by atoms with Crippen LogP contribution in [0.25, 0.3) is 0 Å². The lowest BCUT2D eigenvalue weighted by atomic mass is 9.47. The van der Waals surface area contributed by atoms with E-state index in [4.69, 9.17) is 52.1 Å². The summed E-state index contributed by atoms with van der Waals surface area (Å²) in [4.78, 5) is 0. The molecule has 6 saturated heterocycles. The van der Waals surface area contributed by atoms with Crippen molar-refractivity contribution in [2.24, 2.45) is 46.3 Å². The average Bonchev–Trinajstić information content (AvgIpc) is 1.58. The average molecular weight is 1210 g/mol. The van der Waals surface area contributed by atoms with Gasteiger partial charge in [-0.1, -0.05) is 39.3 Å². The molecule has 0 aromatic carbocycles. The number of ether oxygens (including phenoxy) is 11. The number of hydrogen-bond acceptors (Lipinski definition) is 28. The van der Waals surface area contributed by atoms with Gasteiger partial charge in [0.2, 0.25) is 0 Å². The molecule has 0 spiro atoms. The molecule has 17 N–H and O–H groups in total. The van der Waals surface area contributed by atoms with Gasteiger partial charge in [-0.3, -0.25) is 0 Å². The van der Waals surface area contributed by atoms with Crippen LogP contribution in [-0.4, -0.2) is 292 Å². The Bertz CT molecular complexity index is 2200. The molecule has 84 heavy (non-hydrogen) atoms. The fourth-order valence-corrected chi connectivity index (χ4v) is 16.3. The maximum atomic E-state index is 12.1. The second kappa shape index (κ2) is 26.1. The molecule has 0 aromatic heterocycles. The summed E-state index contributed by atoms with van der Waals surface area (Å²) < 4.78 is 65.4. The Morgan fingerprint density at radius 2 is 1.13 bits per heavy atom. The van der Waals surface area contributed by atoms with Crippen LogP contribution >= 0.6 is 0 Å². The highest BCUT2D eigenvalue weighted by atomic mass is 16.8. The van der Waals surface area contributed by atoms with Crippen LogP contribution in [0.3, 0.4) is 0 Å². The minimum atomic E-state index is -2.01. The smallest absolute Gasteiger partial charge is 0.187 e. The van der Waals surface area contributed by atoms with Gasteiger partial charge in [-0.2, -0.15) is 0 Å². The van der Waals surface area contributed by atoms with Crippen molar-refractivity contribution in [2.45, 2.75) is 251 Å². The standard InChI is InChI=1S/C56H92O28/c1-21(19-74-49-42(69)38(65)36(63)30(15-57)77-49)7-12-56(73)22(2)34-29(84-56)14-27-25-6-5-23-13-24(8-10-54(23,3)26(25)9-11-55(27,34)4)76-51-44(71)40(67)46(32(17-59)79-51)82-53-48(83-52-43(70)39(66)37(64)31(16-58)78-52)45(72)47(33(18-60)80-53)81-50-41(68)35(62)28(61)20-75-50/h5,21-22,24-53,57-73H,6-20H2,1-4H3/t21-,22+,24+,25-,26+,27+,28-,29+,30-,31-,32-,33-,34+,35+,36-,37-,38+,39+,40-,41-,42-,43-,44-,45+,46+,47-,48-,49-,50+,51-,52+,53+,54+,55+,56-/m1/s1. The van der Waals surface area contributed by atoms with Crippen molar-refractivity contribution in [3.63, 3.8) is 0 Å². The van der Waals surface area contributed by atoms with E-state index in [1.165, 1.54) is 5.57 Å². The SMILES string of the molecule is C[C@H](CC[C@@]1(O)O[C@H]2C[C@H]3[C@@H]4CC=C5C[C@@H](O[C@@H]6O[C@H](CO)[C@H](O[C@@H]7O[C@H](CO)[C@@H](O[C@@H]8OC[C@@H](O)[C@H](O)[C@H]8O)[C@H](O)[C@H]7O[C@@H]7O[C@H](CO)[C@@H](O)[C@H](O)[C@H]7O)[C@H](O)[C@H]6O)CC[C@]5(C)[C@H]4CC[C@]3(C)[C@H]2[C@@H]1C)CO[C@@H]1O[C@H](CO)[C@@H](O)[C@H](O)[C@H]1O. The van der Waals surface area contributed by atoms with Crippen LogP contribution in [0, 0.1) is 46.3 Å². The van der Waals surface area contributed by atoms with E-state index in [-0.39, 0.29) is 41.3 Å². The van der Waals surface area contributed by atoms with Gasteiger partial charge in [0.1, 0.15) is 116 Å². The number of rotatable bonds is 18. The Balaban J connectivity index is 0.763. The molecule has 0 radical (unpaired) electrons. The summed E-state index contributed by atoms with van der Waals surface area (Å²) in [5, 5.41) is 182. The van der Waals surface area contributed by atoms with Gasteiger partial charge in [0.05, 0.1) is 51.8 Å². The summed E-state index contributed by atoms with van der Waals surface area (Å²) >= 11 is 0. The fourth-order valence-electron chi connectivity index (χ4n) is 16.3. The van der Waals surface area contributed by atoms with Crippen molar-refractivity contribution >= 4 is 0 Å². The van der Waals surface area contributed by atoms with Gasteiger partial charge in [-0.25, -0.2) is 0 Å². The molecule has 35 atom stereocenters. The molecule has 4 aliphatic carbocycles. The molecule has 0 bridgehead atoms. The molecule has 0 unspecified atom stereocenters. The monoisotopic (exact) mass is 1210 g/mol. The molecule has 28 heteroatoms. The lowest BCUT2D eigenvalue weighted by Crippen LogP contribution is -2.68. The number of aliphatic hydroxyl groups excluding tert-OH is 16. The van der Waals surface area contributed by atoms with Gasteiger partial charge in [-0.15, -0.1) is 0 Å². The lowest BCUT2D eigenvalue weighted by molar-refractivity contribution is -0.400. The van der Waals surface area contributed by atoms with E-state index in [9.17, 15) is 86.8 Å². The normalized spacial score (nSPS) is 54.4. The molecule has 6 heterocycles. The highest BCUT2D eigenvalue weighted by Crippen LogP contribution is 2.70. The van der Waals surface area contributed by atoms with E-state index >= 15 is 0 Å². The molecule has 0 amide bonds. The van der Waals surface area contributed by atoms with Crippen LogP contribution in [-0.2, 0) is 52.1 Å². The molecular formula is C56H92O28. The largest absolute Gasteiger partial charge is 0.394 e. The van der Waals surface area contributed by atoms with E-state index in [1.54, 1.807) is 0 Å². The lowest BCUT2D eigenvalue weighted by Gasteiger charge is -2.58. The maximum absolute atomic E-state index is 12.1. The van der Waals surface area contributed by atoms with Crippen LogP contribution < -0.4 is 0 Å². The topological polar surface area (TPSA) is 445 Å². The van der Waals surface area contributed by atoms with Crippen molar-refractivity contribution in [2.75, 3.05) is 39.6 Å². The third-order valence-electron chi connectivity index (χ3n) is 21.3. The maximum Gasteiger partial charge on any atom is 0.187 e. The summed E-state index contributed by atoms with van der Waals surface area (Å²) in [6, 6.07) is 0. The van der Waals surface area contributed by atoms with Gasteiger partial charge in [0, 0.05) is 12.3 Å². The Hall–Kier alpha value is -1.38. The molecule has 9 fully saturated rings. The zero-order valence-corrected chi connectivity index (χ0v) is 47.8.